The summed E-state index contributed by atoms with van der Waals surface area (Å²) in [6, 6.07) is 8.11. The minimum absolute atomic E-state index is 0.0363. The number of aryl methyl sites for hydroxylation is 1. The van der Waals surface area contributed by atoms with Gasteiger partial charge in [-0.05, 0) is 24.7 Å². The van der Waals surface area contributed by atoms with E-state index in [2.05, 4.69) is 39.3 Å². The van der Waals surface area contributed by atoms with E-state index in [1.165, 1.54) is 0 Å². The molecule has 4 nitrogen and oxygen atoms in total. The maximum Gasteiger partial charge on any atom is 0.125 e. The fourth-order valence-corrected chi connectivity index (χ4v) is 2.43. The van der Waals surface area contributed by atoms with Gasteiger partial charge >= 0.3 is 0 Å². The summed E-state index contributed by atoms with van der Waals surface area (Å²) in [7, 11) is 3.61. The smallest absolute Gasteiger partial charge is 0.125 e. The van der Waals surface area contributed by atoms with Gasteiger partial charge in [0.2, 0.25) is 0 Å². The molecule has 1 N–H and O–H groups in total. The monoisotopic (exact) mass is 323 g/mol. The first-order valence-corrected chi connectivity index (χ1v) is 7.01. The molecule has 1 aromatic heterocycles. The fraction of sp³-hybridized carbons (Fsp3) is 0.357. The SMILES string of the molecule is CCNC(c1ccn(C)n1)c1ccc(Br)cc1OC. The number of aromatic nitrogens is 2. The van der Waals surface area contributed by atoms with E-state index in [4.69, 9.17) is 4.74 Å². The molecule has 5 heteroatoms. The summed E-state index contributed by atoms with van der Waals surface area (Å²) in [5.41, 5.74) is 2.08. The van der Waals surface area contributed by atoms with Gasteiger partial charge in [-0.15, -0.1) is 0 Å². The Balaban J connectivity index is 2.44. The number of ether oxygens (including phenoxy) is 1. The third kappa shape index (κ3) is 3.16. The fourth-order valence-electron chi connectivity index (χ4n) is 2.09. The van der Waals surface area contributed by atoms with Gasteiger partial charge in [0, 0.05) is 23.3 Å². The van der Waals surface area contributed by atoms with Crippen molar-refractivity contribution in [3.63, 3.8) is 0 Å². The largest absolute Gasteiger partial charge is 0.496 e. The van der Waals surface area contributed by atoms with Crippen LogP contribution in [0.3, 0.4) is 0 Å². The van der Waals surface area contributed by atoms with Crippen LogP contribution in [0.15, 0.2) is 34.9 Å². The van der Waals surface area contributed by atoms with Gasteiger partial charge in [-0.25, -0.2) is 0 Å². The molecule has 1 aromatic carbocycles. The Morgan fingerprint density at radius 1 is 1.42 bits per heavy atom. The van der Waals surface area contributed by atoms with Crippen molar-refractivity contribution in [2.24, 2.45) is 7.05 Å². The number of rotatable bonds is 5. The standard InChI is InChI=1S/C14H18BrN3O/c1-4-16-14(12-7-8-18(2)17-12)11-6-5-10(15)9-13(11)19-3/h5-9,14,16H,4H2,1-3H3. The van der Waals surface area contributed by atoms with E-state index in [0.717, 1.165) is 28.0 Å². The molecule has 0 fully saturated rings. The molecular weight excluding hydrogens is 306 g/mol. The zero-order valence-electron chi connectivity index (χ0n) is 11.4. The summed E-state index contributed by atoms with van der Waals surface area (Å²) >= 11 is 3.47. The Hall–Kier alpha value is -1.33. The van der Waals surface area contributed by atoms with Crippen LogP contribution >= 0.6 is 15.9 Å². The molecule has 1 atom stereocenters. The van der Waals surface area contributed by atoms with Gasteiger partial charge in [0.05, 0.1) is 18.8 Å². The van der Waals surface area contributed by atoms with Gasteiger partial charge in [0.25, 0.3) is 0 Å². The van der Waals surface area contributed by atoms with Gasteiger partial charge in [-0.3, -0.25) is 4.68 Å². The second kappa shape index (κ2) is 6.21. The molecule has 1 unspecified atom stereocenters. The average molecular weight is 324 g/mol. The molecule has 2 aromatic rings. The van der Waals surface area contributed by atoms with Gasteiger partial charge in [-0.1, -0.05) is 28.9 Å². The number of nitrogens with one attached hydrogen (secondary N) is 1. The van der Waals surface area contributed by atoms with Crippen LogP contribution in [-0.4, -0.2) is 23.4 Å². The first-order valence-electron chi connectivity index (χ1n) is 6.22. The van der Waals surface area contributed by atoms with Crippen molar-refractivity contribution < 1.29 is 4.74 Å². The number of benzene rings is 1. The lowest BCUT2D eigenvalue weighted by Crippen LogP contribution is -2.23. The second-order valence-electron chi connectivity index (χ2n) is 4.29. The lowest BCUT2D eigenvalue weighted by atomic mass is 10.0. The summed E-state index contributed by atoms with van der Waals surface area (Å²) in [5.74, 6) is 0.853. The molecule has 0 saturated heterocycles. The highest BCUT2D eigenvalue weighted by atomic mass is 79.9. The number of methoxy groups -OCH3 is 1. The molecule has 102 valence electrons. The zero-order valence-corrected chi connectivity index (χ0v) is 12.9. The molecule has 0 radical (unpaired) electrons. The first kappa shape index (κ1) is 14.1. The predicted molar refractivity (Wildman–Crippen MR) is 79.4 cm³/mol. The molecule has 0 saturated carbocycles. The molecule has 1 heterocycles. The van der Waals surface area contributed by atoms with Gasteiger partial charge in [0.15, 0.2) is 0 Å². The van der Waals surface area contributed by atoms with Crippen LogP contribution in [0.5, 0.6) is 5.75 Å². The van der Waals surface area contributed by atoms with Gasteiger partial charge in [0.1, 0.15) is 5.75 Å². The summed E-state index contributed by atoms with van der Waals surface area (Å²) in [4.78, 5) is 0. The molecule has 2 rings (SSSR count). The maximum absolute atomic E-state index is 5.48. The van der Waals surface area contributed by atoms with Crippen molar-refractivity contribution in [2.45, 2.75) is 13.0 Å². The molecule has 0 bridgehead atoms. The topological polar surface area (TPSA) is 39.1 Å². The van der Waals surface area contributed by atoms with Gasteiger partial charge < -0.3 is 10.1 Å². The van der Waals surface area contributed by atoms with Crippen LogP contribution in [0.4, 0.5) is 0 Å². The third-order valence-corrected chi connectivity index (χ3v) is 3.44. The van der Waals surface area contributed by atoms with E-state index in [9.17, 15) is 0 Å². The minimum atomic E-state index is 0.0363. The quantitative estimate of drug-likeness (QED) is 0.919. The van der Waals surface area contributed by atoms with Crippen molar-refractivity contribution in [3.8, 4) is 5.75 Å². The number of halogens is 1. The molecule has 19 heavy (non-hydrogen) atoms. The molecule has 0 aliphatic rings. The Morgan fingerprint density at radius 2 is 2.21 bits per heavy atom. The highest BCUT2D eigenvalue weighted by molar-refractivity contribution is 9.10. The van der Waals surface area contributed by atoms with Crippen LogP contribution in [0, 0.1) is 0 Å². The van der Waals surface area contributed by atoms with E-state index in [1.807, 2.05) is 36.1 Å². The normalized spacial score (nSPS) is 12.4. The van der Waals surface area contributed by atoms with Crippen LogP contribution in [0.1, 0.15) is 24.2 Å². The summed E-state index contributed by atoms with van der Waals surface area (Å²) in [6.07, 6.45) is 1.95. The summed E-state index contributed by atoms with van der Waals surface area (Å²) in [6.45, 7) is 2.95. The molecule has 0 aliphatic heterocycles. The average Bonchev–Trinajstić information content (AvgIpc) is 2.82. The van der Waals surface area contributed by atoms with Crippen molar-refractivity contribution in [3.05, 3.63) is 46.2 Å². The van der Waals surface area contributed by atoms with Crippen molar-refractivity contribution >= 4 is 15.9 Å². The summed E-state index contributed by atoms with van der Waals surface area (Å²) < 4.78 is 8.29. The van der Waals surface area contributed by atoms with Crippen LogP contribution in [0.2, 0.25) is 0 Å². The third-order valence-electron chi connectivity index (χ3n) is 2.94. The number of hydrogen-bond donors (Lipinski definition) is 1. The minimum Gasteiger partial charge on any atom is -0.496 e. The summed E-state index contributed by atoms with van der Waals surface area (Å²) in [5, 5.41) is 7.94. The van der Waals surface area contributed by atoms with Gasteiger partial charge in [-0.2, -0.15) is 5.10 Å². The van der Waals surface area contributed by atoms with Crippen molar-refractivity contribution in [2.75, 3.05) is 13.7 Å². The lowest BCUT2D eigenvalue weighted by Gasteiger charge is -2.19. The van der Waals surface area contributed by atoms with E-state index < -0.39 is 0 Å². The Bertz CT molecular complexity index is 553. The molecule has 0 spiro atoms. The van der Waals surface area contributed by atoms with Crippen LogP contribution < -0.4 is 10.1 Å². The lowest BCUT2D eigenvalue weighted by molar-refractivity contribution is 0.403. The Kier molecular flexibility index (Phi) is 4.61. The molecule has 0 aliphatic carbocycles. The van der Waals surface area contributed by atoms with Crippen molar-refractivity contribution in [1.29, 1.82) is 0 Å². The van der Waals surface area contributed by atoms with E-state index in [1.54, 1.807) is 7.11 Å². The number of nitrogens with zero attached hydrogens (tertiary/aromatic N) is 2. The highest BCUT2D eigenvalue weighted by Gasteiger charge is 2.19. The first-order chi connectivity index (χ1) is 9.15. The molecular formula is C14H18BrN3O. The predicted octanol–water partition coefficient (Wildman–Crippen LogP) is 2.89. The van der Waals surface area contributed by atoms with E-state index in [-0.39, 0.29) is 6.04 Å². The van der Waals surface area contributed by atoms with E-state index >= 15 is 0 Å². The van der Waals surface area contributed by atoms with E-state index in [0.29, 0.717) is 0 Å². The molecule has 0 amide bonds. The van der Waals surface area contributed by atoms with Crippen LogP contribution in [-0.2, 0) is 7.05 Å². The second-order valence-corrected chi connectivity index (χ2v) is 5.21. The number of hydrogen-bond acceptors (Lipinski definition) is 3. The maximum atomic E-state index is 5.48. The Labute approximate surface area is 121 Å². The zero-order chi connectivity index (χ0) is 13.8. The van der Waals surface area contributed by atoms with Crippen LogP contribution in [0.25, 0.3) is 0 Å². The highest BCUT2D eigenvalue weighted by Crippen LogP contribution is 2.31. The van der Waals surface area contributed by atoms with Crippen molar-refractivity contribution in [1.82, 2.24) is 15.1 Å². The Morgan fingerprint density at radius 3 is 2.79 bits per heavy atom.